The third-order valence-electron chi connectivity index (χ3n) is 3.83. The van der Waals surface area contributed by atoms with Crippen LogP contribution in [0.15, 0.2) is 66.7 Å². The minimum atomic E-state index is -0.630. The van der Waals surface area contributed by atoms with E-state index in [1.807, 2.05) is 67.5 Å². The van der Waals surface area contributed by atoms with Gasteiger partial charge in [0.15, 0.2) is 0 Å². The first-order valence-electron chi connectivity index (χ1n) is 7.10. The number of para-hydroxylation sites is 1. The van der Waals surface area contributed by atoms with Gasteiger partial charge in [-0.1, -0.05) is 60.7 Å². The van der Waals surface area contributed by atoms with E-state index < -0.39 is 6.10 Å². The Balaban J connectivity index is 2.15. The largest absolute Gasteiger partial charge is 0.384 e. The van der Waals surface area contributed by atoms with E-state index in [1.54, 1.807) is 0 Å². The van der Waals surface area contributed by atoms with Crippen molar-refractivity contribution in [2.75, 3.05) is 19.0 Å². The van der Waals surface area contributed by atoms with E-state index in [4.69, 9.17) is 0 Å². The number of fused-ring (bicyclic) bond motifs is 1. The van der Waals surface area contributed by atoms with Crippen LogP contribution in [-0.4, -0.2) is 19.2 Å². The first-order valence-corrected chi connectivity index (χ1v) is 7.10. The van der Waals surface area contributed by atoms with Gasteiger partial charge in [-0.25, -0.2) is 0 Å². The van der Waals surface area contributed by atoms with Crippen LogP contribution in [0.25, 0.3) is 10.8 Å². The van der Waals surface area contributed by atoms with Crippen molar-refractivity contribution >= 4 is 16.5 Å². The van der Waals surface area contributed by atoms with E-state index in [1.165, 1.54) is 0 Å². The number of hydrogen-bond donors (Lipinski definition) is 1. The zero-order chi connectivity index (χ0) is 14.8. The Hall–Kier alpha value is -2.32. The Morgan fingerprint density at radius 3 is 2.19 bits per heavy atom. The van der Waals surface area contributed by atoms with E-state index in [0.717, 1.165) is 27.6 Å². The summed E-state index contributed by atoms with van der Waals surface area (Å²) >= 11 is 0. The zero-order valence-corrected chi connectivity index (χ0v) is 12.3. The summed E-state index contributed by atoms with van der Waals surface area (Å²) in [4.78, 5) is 2.03. The Morgan fingerprint density at radius 2 is 1.38 bits per heavy atom. The van der Waals surface area contributed by atoms with Crippen LogP contribution in [-0.2, 0) is 0 Å². The highest BCUT2D eigenvalue weighted by atomic mass is 16.3. The van der Waals surface area contributed by atoms with E-state index in [9.17, 15) is 5.11 Å². The molecule has 0 aliphatic rings. The number of rotatable bonds is 3. The summed E-state index contributed by atoms with van der Waals surface area (Å²) < 4.78 is 0. The Kier molecular flexibility index (Phi) is 3.63. The van der Waals surface area contributed by atoms with Gasteiger partial charge < -0.3 is 10.0 Å². The maximum Gasteiger partial charge on any atom is 0.107 e. The summed E-state index contributed by atoms with van der Waals surface area (Å²) in [5, 5.41) is 13.1. The molecule has 1 atom stereocenters. The molecule has 3 aromatic carbocycles. The summed E-state index contributed by atoms with van der Waals surface area (Å²) in [7, 11) is 3.99. The number of nitrogens with zero attached hydrogens (tertiary/aromatic N) is 1. The van der Waals surface area contributed by atoms with Crippen molar-refractivity contribution in [2.24, 2.45) is 0 Å². The Bertz CT molecular complexity index is 759. The van der Waals surface area contributed by atoms with Crippen LogP contribution in [0.3, 0.4) is 0 Å². The molecule has 0 fully saturated rings. The standard InChI is InChI=1S/C19H19NO/c1-20(2)18-13-6-5-11-17(18)19(21)16-12-7-9-14-8-3-4-10-15(14)16/h3-13,19,21H,1-2H3. The van der Waals surface area contributed by atoms with E-state index >= 15 is 0 Å². The quantitative estimate of drug-likeness (QED) is 0.782. The van der Waals surface area contributed by atoms with Crippen molar-refractivity contribution in [2.45, 2.75) is 6.10 Å². The van der Waals surface area contributed by atoms with Crippen molar-refractivity contribution in [3.05, 3.63) is 77.9 Å². The molecule has 3 rings (SSSR count). The molecule has 2 nitrogen and oxygen atoms in total. The fourth-order valence-electron chi connectivity index (χ4n) is 2.78. The second-order valence-electron chi connectivity index (χ2n) is 5.42. The highest BCUT2D eigenvalue weighted by Crippen LogP contribution is 2.33. The maximum absolute atomic E-state index is 10.9. The summed E-state index contributed by atoms with van der Waals surface area (Å²) in [5.41, 5.74) is 2.92. The second-order valence-corrected chi connectivity index (χ2v) is 5.42. The molecular formula is C19H19NO. The topological polar surface area (TPSA) is 23.5 Å². The van der Waals surface area contributed by atoms with Crippen molar-refractivity contribution in [1.29, 1.82) is 0 Å². The van der Waals surface area contributed by atoms with Gasteiger partial charge in [-0.05, 0) is 22.4 Å². The van der Waals surface area contributed by atoms with E-state index in [0.29, 0.717) is 0 Å². The van der Waals surface area contributed by atoms with Crippen LogP contribution >= 0.6 is 0 Å². The summed E-state index contributed by atoms with van der Waals surface area (Å²) in [5.74, 6) is 0. The van der Waals surface area contributed by atoms with Gasteiger partial charge in [0.1, 0.15) is 6.10 Å². The van der Waals surface area contributed by atoms with Gasteiger partial charge in [-0.3, -0.25) is 0 Å². The second kappa shape index (κ2) is 5.58. The maximum atomic E-state index is 10.9. The average Bonchev–Trinajstić information content (AvgIpc) is 2.53. The van der Waals surface area contributed by atoms with Gasteiger partial charge >= 0.3 is 0 Å². The third-order valence-corrected chi connectivity index (χ3v) is 3.83. The highest BCUT2D eigenvalue weighted by Gasteiger charge is 2.17. The molecule has 0 saturated carbocycles. The Labute approximate surface area is 125 Å². The number of anilines is 1. The fraction of sp³-hybridized carbons (Fsp3) is 0.158. The molecule has 2 heteroatoms. The molecule has 0 bridgehead atoms. The van der Waals surface area contributed by atoms with Gasteiger partial charge in [-0.2, -0.15) is 0 Å². The van der Waals surface area contributed by atoms with Gasteiger partial charge in [0, 0.05) is 25.3 Å². The predicted molar refractivity (Wildman–Crippen MR) is 88.8 cm³/mol. The van der Waals surface area contributed by atoms with Crippen molar-refractivity contribution in [3.63, 3.8) is 0 Å². The lowest BCUT2D eigenvalue weighted by molar-refractivity contribution is 0.222. The minimum absolute atomic E-state index is 0.630. The molecule has 0 heterocycles. The van der Waals surface area contributed by atoms with Crippen LogP contribution in [0, 0.1) is 0 Å². The molecule has 21 heavy (non-hydrogen) atoms. The average molecular weight is 277 g/mol. The zero-order valence-electron chi connectivity index (χ0n) is 12.3. The minimum Gasteiger partial charge on any atom is -0.384 e. The molecule has 0 radical (unpaired) electrons. The molecule has 0 aromatic heterocycles. The fourth-order valence-corrected chi connectivity index (χ4v) is 2.78. The summed E-state index contributed by atoms with van der Waals surface area (Å²) in [6.45, 7) is 0. The first-order chi connectivity index (χ1) is 10.2. The van der Waals surface area contributed by atoms with E-state index in [2.05, 4.69) is 18.2 Å². The van der Waals surface area contributed by atoms with Gasteiger partial charge in [0.05, 0.1) is 0 Å². The number of aliphatic hydroxyl groups excluding tert-OH is 1. The van der Waals surface area contributed by atoms with Gasteiger partial charge in [0.2, 0.25) is 0 Å². The molecule has 106 valence electrons. The highest BCUT2D eigenvalue weighted by molar-refractivity contribution is 5.86. The van der Waals surface area contributed by atoms with Gasteiger partial charge in [0.25, 0.3) is 0 Å². The normalized spacial score (nSPS) is 12.3. The SMILES string of the molecule is CN(C)c1ccccc1C(O)c1cccc2ccccc12. The van der Waals surface area contributed by atoms with Crippen molar-refractivity contribution in [3.8, 4) is 0 Å². The first kappa shape index (κ1) is 13.7. The monoisotopic (exact) mass is 277 g/mol. The number of aliphatic hydroxyl groups is 1. The van der Waals surface area contributed by atoms with Crippen LogP contribution in [0.2, 0.25) is 0 Å². The predicted octanol–water partition coefficient (Wildman–Crippen LogP) is 3.99. The molecule has 0 saturated heterocycles. The lowest BCUT2D eigenvalue weighted by Crippen LogP contribution is -2.13. The molecule has 0 aliphatic carbocycles. The van der Waals surface area contributed by atoms with Crippen molar-refractivity contribution < 1.29 is 5.11 Å². The summed E-state index contributed by atoms with van der Waals surface area (Å²) in [6, 6.07) is 22.2. The molecule has 3 aromatic rings. The molecule has 0 spiro atoms. The lowest BCUT2D eigenvalue weighted by Gasteiger charge is -2.22. The molecular weight excluding hydrogens is 258 g/mol. The molecule has 0 aliphatic heterocycles. The summed E-state index contributed by atoms with van der Waals surface area (Å²) in [6.07, 6.45) is -0.630. The molecule has 1 N–H and O–H groups in total. The van der Waals surface area contributed by atoms with E-state index in [-0.39, 0.29) is 0 Å². The molecule has 1 unspecified atom stereocenters. The molecule has 0 amide bonds. The van der Waals surface area contributed by atoms with Crippen LogP contribution in [0.4, 0.5) is 5.69 Å². The van der Waals surface area contributed by atoms with Crippen molar-refractivity contribution in [1.82, 2.24) is 0 Å². The van der Waals surface area contributed by atoms with Crippen LogP contribution in [0.5, 0.6) is 0 Å². The number of hydrogen-bond acceptors (Lipinski definition) is 2. The smallest absolute Gasteiger partial charge is 0.107 e. The van der Waals surface area contributed by atoms with Gasteiger partial charge in [-0.15, -0.1) is 0 Å². The van der Waals surface area contributed by atoms with Crippen LogP contribution < -0.4 is 4.90 Å². The third kappa shape index (κ3) is 2.50. The number of benzene rings is 3. The van der Waals surface area contributed by atoms with Crippen LogP contribution in [0.1, 0.15) is 17.2 Å². The lowest BCUT2D eigenvalue weighted by atomic mass is 9.95. The Morgan fingerprint density at radius 1 is 0.762 bits per heavy atom.